The fraction of sp³-hybridized carbons (Fsp3) is 0.278. The Labute approximate surface area is 272 Å². The molecule has 2 heterocycles. The van der Waals surface area contributed by atoms with Gasteiger partial charge >= 0.3 is 11.9 Å². The first-order valence-electron chi connectivity index (χ1n) is 15.1. The SMILES string of the molecule is CCCCCOc1ccc(C2C(=C(O)c3ccc(OCc4ccccc4C)cc3)C(=O)C(=O)N2c2nc(C)c(C(=O)OC)s2)cc1. The van der Waals surface area contributed by atoms with Gasteiger partial charge in [0.1, 0.15) is 28.7 Å². The number of amides is 1. The van der Waals surface area contributed by atoms with E-state index >= 15 is 0 Å². The van der Waals surface area contributed by atoms with E-state index in [2.05, 4.69) is 11.9 Å². The summed E-state index contributed by atoms with van der Waals surface area (Å²) < 4.78 is 16.7. The number of unbranched alkanes of at least 4 members (excludes halogenated alkanes) is 2. The highest BCUT2D eigenvalue weighted by Crippen LogP contribution is 2.44. The van der Waals surface area contributed by atoms with Crippen LogP contribution < -0.4 is 14.4 Å². The maximum atomic E-state index is 13.6. The largest absolute Gasteiger partial charge is 0.507 e. The van der Waals surface area contributed by atoms with E-state index in [4.69, 9.17) is 14.2 Å². The fourth-order valence-corrected chi connectivity index (χ4v) is 6.21. The molecule has 1 amide bonds. The van der Waals surface area contributed by atoms with Gasteiger partial charge in [-0.05, 0) is 73.4 Å². The lowest BCUT2D eigenvalue weighted by atomic mass is 9.95. The van der Waals surface area contributed by atoms with Crippen molar-refractivity contribution in [3.05, 3.63) is 111 Å². The second-order valence-corrected chi connectivity index (χ2v) is 11.9. The van der Waals surface area contributed by atoms with Gasteiger partial charge in [-0.2, -0.15) is 0 Å². The quantitative estimate of drug-likeness (QED) is 0.0563. The Morgan fingerprint density at radius 2 is 1.61 bits per heavy atom. The third-order valence-electron chi connectivity index (χ3n) is 7.80. The first-order chi connectivity index (χ1) is 22.2. The minimum atomic E-state index is -1.01. The van der Waals surface area contributed by atoms with E-state index < -0.39 is 23.7 Å². The van der Waals surface area contributed by atoms with Crippen LogP contribution in [0.1, 0.15) is 69.8 Å². The molecule has 1 saturated heterocycles. The minimum Gasteiger partial charge on any atom is -0.507 e. The predicted molar refractivity (Wildman–Crippen MR) is 176 cm³/mol. The van der Waals surface area contributed by atoms with Crippen LogP contribution in [0.15, 0.2) is 78.4 Å². The number of nitrogens with zero attached hydrogens (tertiary/aromatic N) is 2. The maximum Gasteiger partial charge on any atom is 0.350 e. The van der Waals surface area contributed by atoms with Crippen molar-refractivity contribution in [2.75, 3.05) is 18.6 Å². The molecule has 1 aliphatic heterocycles. The number of esters is 1. The van der Waals surface area contributed by atoms with Crippen molar-refractivity contribution in [1.29, 1.82) is 0 Å². The average Bonchev–Trinajstić information content (AvgIpc) is 3.58. The van der Waals surface area contributed by atoms with Crippen molar-refractivity contribution in [2.24, 2.45) is 0 Å². The molecule has 0 aliphatic carbocycles. The fourth-order valence-electron chi connectivity index (χ4n) is 5.20. The minimum absolute atomic E-state index is 0.0948. The number of anilines is 1. The van der Waals surface area contributed by atoms with Gasteiger partial charge in [-0.3, -0.25) is 14.5 Å². The monoisotopic (exact) mass is 640 g/mol. The van der Waals surface area contributed by atoms with Gasteiger partial charge in [0.25, 0.3) is 5.78 Å². The summed E-state index contributed by atoms with van der Waals surface area (Å²) in [7, 11) is 1.26. The number of methoxy groups -OCH3 is 1. The van der Waals surface area contributed by atoms with Crippen molar-refractivity contribution >= 4 is 39.9 Å². The summed E-state index contributed by atoms with van der Waals surface area (Å²) in [6.45, 7) is 6.72. The van der Waals surface area contributed by atoms with E-state index in [0.717, 1.165) is 41.7 Å². The molecular weight excluding hydrogens is 604 g/mol. The molecule has 238 valence electrons. The average molecular weight is 641 g/mol. The Morgan fingerprint density at radius 1 is 0.935 bits per heavy atom. The number of ether oxygens (including phenoxy) is 3. The predicted octanol–water partition coefficient (Wildman–Crippen LogP) is 7.32. The first kappa shape index (κ1) is 32.4. The van der Waals surface area contributed by atoms with E-state index in [1.54, 1.807) is 55.5 Å². The highest BCUT2D eigenvalue weighted by atomic mass is 32.1. The van der Waals surface area contributed by atoms with Gasteiger partial charge in [0.15, 0.2) is 5.13 Å². The molecule has 1 aromatic heterocycles. The van der Waals surface area contributed by atoms with Gasteiger partial charge in [-0.1, -0.05) is 67.5 Å². The number of aromatic nitrogens is 1. The highest BCUT2D eigenvalue weighted by Gasteiger charge is 2.48. The molecule has 1 atom stereocenters. The van der Waals surface area contributed by atoms with Gasteiger partial charge in [0, 0.05) is 5.56 Å². The number of thiazole rings is 1. The number of hydrogen-bond acceptors (Lipinski definition) is 9. The summed E-state index contributed by atoms with van der Waals surface area (Å²) in [5.74, 6) is -1.43. The Balaban J connectivity index is 1.50. The number of aryl methyl sites for hydroxylation is 2. The molecule has 0 radical (unpaired) electrons. The van der Waals surface area contributed by atoms with Gasteiger partial charge in [-0.15, -0.1) is 0 Å². The zero-order valence-corrected chi connectivity index (χ0v) is 27.1. The number of rotatable bonds is 12. The van der Waals surface area contributed by atoms with Crippen LogP contribution in [-0.2, 0) is 20.9 Å². The van der Waals surface area contributed by atoms with Crippen LogP contribution in [0.25, 0.3) is 5.76 Å². The van der Waals surface area contributed by atoms with E-state index in [-0.39, 0.29) is 21.3 Å². The molecule has 1 unspecified atom stereocenters. The van der Waals surface area contributed by atoms with Crippen molar-refractivity contribution < 1.29 is 33.7 Å². The number of carbonyl (C=O) groups excluding carboxylic acids is 3. The number of ketones is 1. The summed E-state index contributed by atoms with van der Waals surface area (Å²) in [4.78, 5) is 45.5. The van der Waals surface area contributed by atoms with Gasteiger partial charge in [-0.25, -0.2) is 9.78 Å². The van der Waals surface area contributed by atoms with Crippen LogP contribution in [0.4, 0.5) is 5.13 Å². The van der Waals surface area contributed by atoms with Crippen molar-refractivity contribution in [1.82, 2.24) is 4.98 Å². The summed E-state index contributed by atoms with van der Waals surface area (Å²) >= 11 is 0.950. The summed E-state index contributed by atoms with van der Waals surface area (Å²) in [6.07, 6.45) is 3.07. The number of aliphatic hydroxyl groups excluding tert-OH is 1. The van der Waals surface area contributed by atoms with Crippen LogP contribution in [0.5, 0.6) is 11.5 Å². The third kappa shape index (κ3) is 6.82. The van der Waals surface area contributed by atoms with E-state index in [0.29, 0.717) is 41.5 Å². The van der Waals surface area contributed by atoms with Crippen molar-refractivity contribution in [2.45, 2.75) is 52.7 Å². The summed E-state index contributed by atoms with van der Waals surface area (Å²) in [5.41, 5.74) is 3.35. The first-order valence-corrected chi connectivity index (χ1v) is 15.9. The van der Waals surface area contributed by atoms with Gasteiger partial charge in [0.05, 0.1) is 31.0 Å². The van der Waals surface area contributed by atoms with Crippen molar-refractivity contribution in [3.63, 3.8) is 0 Å². The number of hydrogen-bond donors (Lipinski definition) is 1. The normalized spacial score (nSPS) is 15.7. The number of aliphatic hydroxyl groups is 1. The molecule has 1 N–H and O–H groups in total. The second-order valence-electron chi connectivity index (χ2n) is 10.9. The topological polar surface area (TPSA) is 115 Å². The highest BCUT2D eigenvalue weighted by molar-refractivity contribution is 7.17. The molecule has 9 nitrogen and oxygen atoms in total. The molecule has 0 saturated carbocycles. The van der Waals surface area contributed by atoms with Crippen LogP contribution in [0.2, 0.25) is 0 Å². The smallest absolute Gasteiger partial charge is 0.350 e. The molecule has 1 aliphatic rings. The molecule has 3 aromatic carbocycles. The van der Waals surface area contributed by atoms with E-state index in [9.17, 15) is 19.5 Å². The Hall–Kier alpha value is -4.96. The standard InChI is InChI=1S/C36H36N2O7S/c1-5-6-9-20-44-27-16-12-24(13-17-27)30-29(32(40)34(41)38(30)36-37-23(3)33(46-36)35(42)43-4)31(39)25-14-18-28(19-15-25)45-21-26-11-8-7-10-22(26)2/h7-8,10-19,30,39H,5-6,9,20-21H2,1-4H3. The van der Waals surface area contributed by atoms with Crippen LogP contribution >= 0.6 is 11.3 Å². The molecule has 4 aromatic rings. The zero-order chi connectivity index (χ0) is 32.8. The molecule has 46 heavy (non-hydrogen) atoms. The van der Waals surface area contributed by atoms with Gasteiger partial charge in [0.2, 0.25) is 0 Å². The van der Waals surface area contributed by atoms with E-state index in [1.165, 1.54) is 12.0 Å². The molecule has 0 bridgehead atoms. The number of carbonyl (C=O) groups is 3. The second kappa shape index (κ2) is 14.4. The molecule has 1 fully saturated rings. The third-order valence-corrected chi connectivity index (χ3v) is 8.94. The van der Waals surface area contributed by atoms with Crippen LogP contribution in [-0.4, -0.2) is 41.5 Å². The Morgan fingerprint density at radius 3 is 2.28 bits per heavy atom. The van der Waals surface area contributed by atoms with Gasteiger partial charge < -0.3 is 19.3 Å². The lowest BCUT2D eigenvalue weighted by Gasteiger charge is -2.23. The number of Topliss-reactive ketones (excluding diaryl/α,β-unsaturated/α-hetero) is 1. The lowest BCUT2D eigenvalue weighted by molar-refractivity contribution is -0.132. The Bertz CT molecular complexity index is 1760. The molecular formula is C36H36N2O7S. The number of benzene rings is 3. The van der Waals surface area contributed by atoms with E-state index in [1.807, 2.05) is 31.2 Å². The Kier molecular flexibility index (Phi) is 10.2. The lowest BCUT2D eigenvalue weighted by Crippen LogP contribution is -2.29. The summed E-state index contributed by atoms with van der Waals surface area (Å²) in [6, 6.07) is 20.7. The zero-order valence-electron chi connectivity index (χ0n) is 26.2. The van der Waals surface area contributed by atoms with Crippen molar-refractivity contribution in [3.8, 4) is 11.5 Å². The maximum absolute atomic E-state index is 13.6. The molecule has 10 heteroatoms. The molecule has 5 rings (SSSR count). The molecule has 0 spiro atoms. The summed E-state index contributed by atoms with van der Waals surface area (Å²) in [5, 5.41) is 11.7. The van der Waals surface area contributed by atoms with Crippen LogP contribution in [0, 0.1) is 13.8 Å². The van der Waals surface area contributed by atoms with Crippen LogP contribution in [0.3, 0.4) is 0 Å².